The van der Waals surface area contributed by atoms with Crippen molar-refractivity contribution in [1.29, 1.82) is 0 Å². The number of carbonyl (C=O) groups is 1. The van der Waals surface area contributed by atoms with Gasteiger partial charge in [0.2, 0.25) is 0 Å². The molecule has 12 heavy (non-hydrogen) atoms. The summed E-state index contributed by atoms with van der Waals surface area (Å²) in [4.78, 5) is 10.1. The molecule has 0 fully saturated rings. The van der Waals surface area contributed by atoms with Gasteiger partial charge in [-0.2, -0.15) is 0 Å². The van der Waals surface area contributed by atoms with E-state index in [2.05, 4.69) is 0 Å². The summed E-state index contributed by atoms with van der Waals surface area (Å²) < 4.78 is 0. The van der Waals surface area contributed by atoms with E-state index in [-0.39, 0.29) is 5.75 Å². The van der Waals surface area contributed by atoms with Crippen LogP contribution in [-0.4, -0.2) is 11.4 Å². The maximum absolute atomic E-state index is 10.1. The number of rotatable bonds is 3. The van der Waals surface area contributed by atoms with Crippen LogP contribution >= 0.6 is 11.6 Å². The van der Waals surface area contributed by atoms with Crippen LogP contribution in [-0.2, 0) is 11.2 Å². The Bertz CT molecular complexity index is 284. The van der Waals surface area contributed by atoms with Crippen LogP contribution in [0.4, 0.5) is 0 Å². The standard InChI is InChI=1S/C9H9ClO2/c10-9-7(4-2-6-11)3-1-5-8(9)12/h1,3,5-6,12H,2,4H2. The predicted molar refractivity (Wildman–Crippen MR) is 47.5 cm³/mol. The van der Waals surface area contributed by atoms with Gasteiger partial charge in [-0.15, -0.1) is 0 Å². The van der Waals surface area contributed by atoms with Gasteiger partial charge in [-0.1, -0.05) is 23.7 Å². The fourth-order valence-corrected chi connectivity index (χ4v) is 1.19. The summed E-state index contributed by atoms with van der Waals surface area (Å²) in [5.74, 6) is 0.0695. The van der Waals surface area contributed by atoms with Gasteiger partial charge in [0.15, 0.2) is 0 Å². The Morgan fingerprint density at radius 1 is 1.50 bits per heavy atom. The molecule has 1 aromatic rings. The topological polar surface area (TPSA) is 37.3 Å². The molecule has 0 aliphatic rings. The van der Waals surface area contributed by atoms with Gasteiger partial charge >= 0.3 is 0 Å². The average molecular weight is 185 g/mol. The molecule has 0 radical (unpaired) electrons. The Hall–Kier alpha value is -1.02. The van der Waals surface area contributed by atoms with Crippen molar-refractivity contribution in [3.8, 4) is 5.75 Å². The molecule has 0 bridgehead atoms. The molecule has 2 nitrogen and oxygen atoms in total. The normalized spacial score (nSPS) is 9.75. The van der Waals surface area contributed by atoms with Crippen LogP contribution in [0.3, 0.4) is 0 Å². The lowest BCUT2D eigenvalue weighted by Gasteiger charge is -2.02. The molecule has 1 N–H and O–H groups in total. The van der Waals surface area contributed by atoms with E-state index in [9.17, 15) is 9.90 Å². The maximum Gasteiger partial charge on any atom is 0.134 e. The number of phenolic OH excluding ortho intramolecular Hbond substituents is 1. The number of hydrogen-bond donors (Lipinski definition) is 1. The molecule has 1 rings (SSSR count). The monoisotopic (exact) mass is 184 g/mol. The van der Waals surface area contributed by atoms with E-state index in [1.165, 1.54) is 6.07 Å². The van der Waals surface area contributed by atoms with Crippen molar-refractivity contribution < 1.29 is 9.90 Å². The lowest BCUT2D eigenvalue weighted by molar-refractivity contribution is -0.107. The first-order chi connectivity index (χ1) is 5.75. The molecule has 0 aliphatic carbocycles. The Balaban J connectivity index is 2.84. The molecule has 1 aromatic carbocycles. The smallest absolute Gasteiger partial charge is 0.134 e. The average Bonchev–Trinajstić information content (AvgIpc) is 2.08. The summed E-state index contributed by atoms with van der Waals surface area (Å²) in [6.45, 7) is 0. The summed E-state index contributed by atoms with van der Waals surface area (Å²) in [6.07, 6.45) is 1.85. The SMILES string of the molecule is O=CCCc1cccc(O)c1Cl. The highest BCUT2D eigenvalue weighted by Crippen LogP contribution is 2.27. The van der Waals surface area contributed by atoms with Crippen LogP contribution in [0, 0.1) is 0 Å². The second-order valence-electron chi connectivity index (χ2n) is 2.46. The number of hydrogen-bond acceptors (Lipinski definition) is 2. The Labute approximate surface area is 75.8 Å². The van der Waals surface area contributed by atoms with Crippen LogP contribution in [0.5, 0.6) is 5.75 Å². The van der Waals surface area contributed by atoms with E-state index in [0.717, 1.165) is 11.8 Å². The van der Waals surface area contributed by atoms with Gasteiger partial charge in [-0.25, -0.2) is 0 Å². The fraction of sp³-hybridized carbons (Fsp3) is 0.222. The Morgan fingerprint density at radius 3 is 2.92 bits per heavy atom. The van der Waals surface area contributed by atoms with Gasteiger partial charge in [0.25, 0.3) is 0 Å². The second-order valence-corrected chi connectivity index (χ2v) is 2.83. The molecule has 0 atom stereocenters. The van der Waals surface area contributed by atoms with Crippen molar-refractivity contribution in [2.45, 2.75) is 12.8 Å². The van der Waals surface area contributed by atoms with Crippen molar-refractivity contribution in [2.24, 2.45) is 0 Å². The minimum atomic E-state index is 0.0695. The van der Waals surface area contributed by atoms with Crippen LogP contribution in [0.1, 0.15) is 12.0 Å². The molecule has 0 heterocycles. The second kappa shape index (κ2) is 4.12. The zero-order chi connectivity index (χ0) is 8.97. The van der Waals surface area contributed by atoms with Crippen molar-refractivity contribution >= 4 is 17.9 Å². The molecular formula is C9H9ClO2. The fourth-order valence-electron chi connectivity index (χ4n) is 0.974. The molecule has 0 saturated heterocycles. The summed E-state index contributed by atoms with van der Waals surface area (Å²) in [5.41, 5.74) is 0.809. The van der Waals surface area contributed by atoms with Crippen molar-refractivity contribution in [3.05, 3.63) is 28.8 Å². The zero-order valence-corrected chi connectivity index (χ0v) is 7.21. The van der Waals surface area contributed by atoms with E-state index in [0.29, 0.717) is 17.9 Å². The Morgan fingerprint density at radius 2 is 2.25 bits per heavy atom. The molecule has 0 aliphatic heterocycles. The Kier molecular flexibility index (Phi) is 3.11. The van der Waals surface area contributed by atoms with Gasteiger partial charge in [-0.3, -0.25) is 0 Å². The highest BCUT2D eigenvalue weighted by Gasteiger charge is 2.03. The number of carbonyl (C=O) groups excluding carboxylic acids is 1. The highest BCUT2D eigenvalue weighted by molar-refractivity contribution is 6.32. The molecule has 0 unspecified atom stereocenters. The van der Waals surface area contributed by atoms with E-state index < -0.39 is 0 Å². The van der Waals surface area contributed by atoms with Gasteiger partial charge in [0.1, 0.15) is 12.0 Å². The molecule has 0 aromatic heterocycles. The van der Waals surface area contributed by atoms with Crippen LogP contribution in [0.25, 0.3) is 0 Å². The highest BCUT2D eigenvalue weighted by atomic mass is 35.5. The molecule has 0 spiro atoms. The molecule has 64 valence electrons. The van der Waals surface area contributed by atoms with E-state index in [1.54, 1.807) is 12.1 Å². The maximum atomic E-state index is 10.1. The number of aldehydes is 1. The summed E-state index contributed by atoms with van der Waals surface area (Å²) in [5, 5.41) is 9.53. The van der Waals surface area contributed by atoms with Crippen molar-refractivity contribution in [1.82, 2.24) is 0 Å². The first-order valence-electron chi connectivity index (χ1n) is 3.65. The quantitative estimate of drug-likeness (QED) is 0.732. The number of halogens is 1. The molecule has 0 amide bonds. The minimum absolute atomic E-state index is 0.0695. The van der Waals surface area contributed by atoms with Gasteiger partial charge < -0.3 is 9.90 Å². The van der Waals surface area contributed by atoms with Crippen molar-refractivity contribution in [3.63, 3.8) is 0 Å². The van der Waals surface area contributed by atoms with Crippen LogP contribution in [0.15, 0.2) is 18.2 Å². The first kappa shape index (κ1) is 9.07. The summed E-state index contributed by atoms with van der Waals surface area (Å²) >= 11 is 5.76. The largest absolute Gasteiger partial charge is 0.506 e. The van der Waals surface area contributed by atoms with E-state index in [4.69, 9.17) is 11.6 Å². The molecule has 0 saturated carbocycles. The van der Waals surface area contributed by atoms with E-state index in [1.807, 2.05) is 0 Å². The third kappa shape index (κ3) is 1.98. The number of aromatic hydroxyl groups is 1. The van der Waals surface area contributed by atoms with Gasteiger partial charge in [-0.05, 0) is 18.1 Å². The van der Waals surface area contributed by atoms with Crippen LogP contribution < -0.4 is 0 Å². The summed E-state index contributed by atoms with van der Waals surface area (Å²) in [6, 6.07) is 5.03. The third-order valence-electron chi connectivity index (χ3n) is 1.59. The predicted octanol–water partition coefficient (Wildman–Crippen LogP) is 2.18. The first-order valence-corrected chi connectivity index (χ1v) is 4.03. The lowest BCUT2D eigenvalue weighted by atomic mass is 10.1. The molecule has 3 heteroatoms. The van der Waals surface area contributed by atoms with Crippen molar-refractivity contribution in [2.75, 3.05) is 0 Å². The van der Waals surface area contributed by atoms with Gasteiger partial charge in [0, 0.05) is 6.42 Å². The lowest BCUT2D eigenvalue weighted by Crippen LogP contribution is -1.87. The summed E-state index contributed by atoms with van der Waals surface area (Å²) in [7, 11) is 0. The number of benzene rings is 1. The number of phenols is 1. The zero-order valence-electron chi connectivity index (χ0n) is 6.46. The third-order valence-corrected chi connectivity index (χ3v) is 2.03. The van der Waals surface area contributed by atoms with Crippen LogP contribution in [0.2, 0.25) is 5.02 Å². The van der Waals surface area contributed by atoms with Gasteiger partial charge in [0.05, 0.1) is 5.02 Å². The number of aryl methyl sites for hydroxylation is 1. The minimum Gasteiger partial charge on any atom is -0.506 e. The molecular weight excluding hydrogens is 176 g/mol. The van der Waals surface area contributed by atoms with E-state index >= 15 is 0 Å².